The highest BCUT2D eigenvalue weighted by molar-refractivity contribution is 5.80. The average Bonchev–Trinajstić information content (AvgIpc) is 2.53. The number of esters is 1. The first-order valence-electron chi connectivity index (χ1n) is 8.24. The molecular weight excluding hydrogens is 268 g/mol. The lowest BCUT2D eigenvalue weighted by Crippen LogP contribution is -2.52. The fourth-order valence-electron chi connectivity index (χ4n) is 3.74. The van der Waals surface area contributed by atoms with Crippen LogP contribution in [0.4, 0.5) is 0 Å². The Hall–Kier alpha value is -1.10. The van der Waals surface area contributed by atoms with Gasteiger partial charge in [0.05, 0.1) is 20.2 Å². The molecule has 5 nitrogen and oxygen atoms in total. The molecule has 1 saturated carbocycles. The lowest BCUT2D eigenvalue weighted by molar-refractivity contribution is -0.144. The minimum atomic E-state index is -0.279. The maximum atomic E-state index is 12.6. The lowest BCUT2D eigenvalue weighted by atomic mass is 9.78. The fraction of sp³-hybridized carbons (Fsp3) is 0.875. The summed E-state index contributed by atoms with van der Waals surface area (Å²) in [6, 6.07) is 0.442. The molecule has 1 saturated heterocycles. The molecule has 0 aromatic rings. The van der Waals surface area contributed by atoms with Crippen LogP contribution in [0.2, 0.25) is 0 Å². The second-order valence-corrected chi connectivity index (χ2v) is 6.22. The Morgan fingerprint density at radius 1 is 1.14 bits per heavy atom. The van der Waals surface area contributed by atoms with E-state index in [0.29, 0.717) is 25.0 Å². The van der Waals surface area contributed by atoms with E-state index in [1.807, 2.05) is 11.8 Å². The van der Waals surface area contributed by atoms with Crippen molar-refractivity contribution in [2.75, 3.05) is 33.3 Å². The zero-order valence-corrected chi connectivity index (χ0v) is 13.3. The van der Waals surface area contributed by atoms with Crippen LogP contribution in [-0.2, 0) is 14.3 Å². The molecule has 0 aromatic carbocycles. The molecule has 1 heterocycles. The van der Waals surface area contributed by atoms with Crippen LogP contribution in [0.5, 0.6) is 0 Å². The summed E-state index contributed by atoms with van der Waals surface area (Å²) in [7, 11) is 1.38. The minimum absolute atomic E-state index is 0.178. The summed E-state index contributed by atoms with van der Waals surface area (Å²) < 4.78 is 4.69. The first-order chi connectivity index (χ1) is 10.2. The smallest absolute Gasteiger partial charge is 0.319 e. The zero-order valence-electron chi connectivity index (χ0n) is 13.3. The molecule has 1 amide bonds. The van der Waals surface area contributed by atoms with Crippen molar-refractivity contribution in [1.29, 1.82) is 0 Å². The molecule has 1 aliphatic carbocycles. The zero-order chi connectivity index (χ0) is 15.2. The number of hydrogen-bond donors (Lipinski definition) is 0. The van der Waals surface area contributed by atoms with Gasteiger partial charge in [0, 0.05) is 12.6 Å². The van der Waals surface area contributed by atoms with Crippen molar-refractivity contribution in [2.45, 2.75) is 51.5 Å². The van der Waals surface area contributed by atoms with E-state index in [9.17, 15) is 9.59 Å². The number of piperidine rings is 1. The Kier molecular flexibility index (Phi) is 6.03. The van der Waals surface area contributed by atoms with Crippen molar-refractivity contribution in [3.8, 4) is 0 Å². The topological polar surface area (TPSA) is 49.9 Å². The Labute approximate surface area is 127 Å². The van der Waals surface area contributed by atoms with Gasteiger partial charge in [-0.3, -0.25) is 14.5 Å². The van der Waals surface area contributed by atoms with Gasteiger partial charge < -0.3 is 9.64 Å². The average molecular weight is 296 g/mol. The number of likely N-dealkylation sites (N-methyl/N-ethyl adjacent to an activating group) is 1. The molecule has 0 aromatic heterocycles. The number of carbonyl (C=O) groups is 2. The third kappa shape index (κ3) is 4.19. The van der Waals surface area contributed by atoms with Gasteiger partial charge in [0.15, 0.2) is 0 Å². The molecule has 21 heavy (non-hydrogen) atoms. The number of hydrogen-bond acceptors (Lipinski definition) is 4. The Morgan fingerprint density at radius 2 is 1.86 bits per heavy atom. The molecule has 0 spiro atoms. The summed E-state index contributed by atoms with van der Waals surface area (Å²) in [6.45, 7) is 4.06. The van der Waals surface area contributed by atoms with E-state index in [4.69, 9.17) is 0 Å². The summed E-state index contributed by atoms with van der Waals surface area (Å²) in [5.41, 5.74) is 0. The van der Waals surface area contributed by atoms with Crippen LogP contribution in [0.15, 0.2) is 0 Å². The summed E-state index contributed by atoms with van der Waals surface area (Å²) in [4.78, 5) is 28.0. The normalized spacial score (nSPS) is 25.6. The van der Waals surface area contributed by atoms with Crippen LogP contribution >= 0.6 is 0 Å². The van der Waals surface area contributed by atoms with Gasteiger partial charge in [0.25, 0.3) is 0 Å². The molecule has 0 bridgehead atoms. The molecule has 1 aliphatic heterocycles. The molecule has 2 atom stereocenters. The van der Waals surface area contributed by atoms with Crippen LogP contribution in [0, 0.1) is 5.92 Å². The van der Waals surface area contributed by atoms with Gasteiger partial charge in [-0.25, -0.2) is 0 Å². The van der Waals surface area contributed by atoms with Crippen molar-refractivity contribution in [1.82, 2.24) is 9.80 Å². The second kappa shape index (κ2) is 7.78. The van der Waals surface area contributed by atoms with E-state index in [0.717, 1.165) is 19.4 Å². The molecule has 2 rings (SSSR count). The molecule has 2 fully saturated rings. The second-order valence-electron chi connectivity index (χ2n) is 6.22. The number of amides is 1. The highest BCUT2D eigenvalue weighted by Crippen LogP contribution is 2.35. The van der Waals surface area contributed by atoms with Gasteiger partial charge in [-0.1, -0.05) is 19.8 Å². The number of carbonyl (C=O) groups excluding carboxylic acids is 2. The SMILES string of the molecule is CCN(CC(=O)OC)CC(=O)N1CCCC2CCCCC21. The van der Waals surface area contributed by atoms with Crippen molar-refractivity contribution >= 4 is 11.9 Å². The van der Waals surface area contributed by atoms with E-state index in [2.05, 4.69) is 9.64 Å². The number of fused-ring (bicyclic) bond motifs is 1. The van der Waals surface area contributed by atoms with Crippen molar-refractivity contribution < 1.29 is 14.3 Å². The Bertz CT molecular complexity index is 371. The highest BCUT2D eigenvalue weighted by Gasteiger charge is 2.35. The van der Waals surface area contributed by atoms with Gasteiger partial charge in [0.1, 0.15) is 0 Å². The van der Waals surface area contributed by atoms with Crippen molar-refractivity contribution in [3.63, 3.8) is 0 Å². The van der Waals surface area contributed by atoms with E-state index < -0.39 is 0 Å². The maximum Gasteiger partial charge on any atom is 0.319 e. The number of methoxy groups -OCH3 is 1. The van der Waals surface area contributed by atoms with Gasteiger partial charge in [-0.2, -0.15) is 0 Å². The predicted octanol–water partition coefficient (Wildman–Crippen LogP) is 1.66. The van der Waals surface area contributed by atoms with E-state index in [1.54, 1.807) is 0 Å². The third-order valence-corrected chi connectivity index (χ3v) is 4.95. The number of rotatable bonds is 5. The monoisotopic (exact) mass is 296 g/mol. The highest BCUT2D eigenvalue weighted by atomic mass is 16.5. The fourth-order valence-corrected chi connectivity index (χ4v) is 3.74. The molecular formula is C16H28N2O3. The first kappa shape index (κ1) is 16.3. The predicted molar refractivity (Wildman–Crippen MR) is 80.8 cm³/mol. The molecule has 2 aliphatic rings. The van der Waals surface area contributed by atoms with Crippen LogP contribution in [0.3, 0.4) is 0 Å². The molecule has 5 heteroatoms. The largest absolute Gasteiger partial charge is 0.468 e. The molecule has 0 N–H and O–H groups in total. The minimum Gasteiger partial charge on any atom is -0.468 e. The number of likely N-dealkylation sites (tertiary alicyclic amines) is 1. The van der Waals surface area contributed by atoms with Crippen LogP contribution in [0.25, 0.3) is 0 Å². The van der Waals surface area contributed by atoms with Gasteiger partial charge in [0.2, 0.25) is 5.91 Å². The molecule has 0 radical (unpaired) electrons. The van der Waals surface area contributed by atoms with Gasteiger partial charge in [-0.05, 0) is 38.1 Å². The first-order valence-corrected chi connectivity index (χ1v) is 8.24. The van der Waals surface area contributed by atoms with Gasteiger partial charge >= 0.3 is 5.97 Å². The van der Waals surface area contributed by atoms with Crippen molar-refractivity contribution in [3.05, 3.63) is 0 Å². The van der Waals surface area contributed by atoms with E-state index in [-0.39, 0.29) is 18.4 Å². The lowest BCUT2D eigenvalue weighted by Gasteiger charge is -2.44. The van der Waals surface area contributed by atoms with Crippen LogP contribution < -0.4 is 0 Å². The van der Waals surface area contributed by atoms with Crippen LogP contribution in [-0.4, -0.2) is 61.0 Å². The third-order valence-electron chi connectivity index (χ3n) is 4.95. The molecule has 120 valence electrons. The van der Waals surface area contributed by atoms with Crippen molar-refractivity contribution in [2.24, 2.45) is 5.92 Å². The summed E-state index contributed by atoms with van der Waals surface area (Å²) >= 11 is 0. The summed E-state index contributed by atoms with van der Waals surface area (Å²) in [5, 5.41) is 0. The van der Waals surface area contributed by atoms with E-state index >= 15 is 0 Å². The summed E-state index contributed by atoms with van der Waals surface area (Å²) in [5.74, 6) is 0.600. The maximum absolute atomic E-state index is 12.6. The summed E-state index contributed by atoms with van der Waals surface area (Å²) in [6.07, 6.45) is 7.37. The Balaban J connectivity index is 1.92. The standard InChI is InChI=1S/C16H28N2O3/c1-3-17(12-16(20)21-2)11-15(19)18-10-6-8-13-7-4-5-9-14(13)18/h13-14H,3-12H2,1-2H3. The van der Waals surface area contributed by atoms with E-state index in [1.165, 1.54) is 32.8 Å². The number of ether oxygens (including phenoxy) is 1. The van der Waals surface area contributed by atoms with Gasteiger partial charge in [-0.15, -0.1) is 0 Å². The molecule has 2 unspecified atom stereocenters. The Morgan fingerprint density at radius 3 is 2.57 bits per heavy atom. The number of nitrogens with zero attached hydrogens (tertiary/aromatic N) is 2. The van der Waals surface area contributed by atoms with Crippen LogP contribution in [0.1, 0.15) is 45.4 Å². The quantitative estimate of drug-likeness (QED) is 0.724.